The van der Waals surface area contributed by atoms with Crippen molar-refractivity contribution in [3.05, 3.63) is 64.9 Å². The van der Waals surface area contributed by atoms with Crippen molar-refractivity contribution in [3.63, 3.8) is 0 Å². The topological polar surface area (TPSA) is 101 Å². The van der Waals surface area contributed by atoms with Gasteiger partial charge in [-0.2, -0.15) is 4.98 Å². The fourth-order valence-corrected chi connectivity index (χ4v) is 3.03. The highest BCUT2D eigenvalue weighted by Crippen LogP contribution is 2.25. The molecule has 1 aliphatic carbocycles. The van der Waals surface area contributed by atoms with Crippen LogP contribution in [0.2, 0.25) is 5.02 Å². The van der Waals surface area contributed by atoms with Crippen LogP contribution in [-0.2, 0) is 6.42 Å². The third-order valence-corrected chi connectivity index (χ3v) is 4.92. The van der Waals surface area contributed by atoms with Gasteiger partial charge in [0.2, 0.25) is 0 Å². The van der Waals surface area contributed by atoms with Crippen LogP contribution in [0.5, 0.6) is 5.75 Å². The fraction of sp³-hybridized carbons (Fsp3) is 0.286. The molecule has 0 aliphatic heterocycles. The van der Waals surface area contributed by atoms with E-state index in [1.807, 2.05) is 24.3 Å². The number of benzene rings is 2. The zero-order valence-electron chi connectivity index (χ0n) is 16.4. The second-order valence-electron chi connectivity index (χ2n) is 7.09. The van der Waals surface area contributed by atoms with Crippen molar-refractivity contribution in [1.82, 2.24) is 15.5 Å². The Hall–Kier alpha value is -3.26. The molecule has 0 saturated heterocycles. The van der Waals surface area contributed by atoms with Crippen molar-refractivity contribution in [1.29, 1.82) is 0 Å². The summed E-state index contributed by atoms with van der Waals surface area (Å²) in [5.41, 5.74) is 1.62. The number of amides is 2. The van der Waals surface area contributed by atoms with Gasteiger partial charge in [-0.1, -0.05) is 28.9 Å². The van der Waals surface area contributed by atoms with Crippen molar-refractivity contribution < 1.29 is 14.1 Å². The number of hydrogen-bond acceptors (Lipinski definition) is 6. The Morgan fingerprint density at radius 2 is 1.93 bits per heavy atom. The lowest BCUT2D eigenvalue weighted by molar-refractivity contribution is 0.247. The largest absolute Gasteiger partial charge is 0.497 e. The number of anilines is 2. The normalized spacial score (nSPS) is 14.1. The quantitative estimate of drug-likeness (QED) is 0.492. The van der Waals surface area contributed by atoms with E-state index in [2.05, 4.69) is 26.1 Å². The predicted molar refractivity (Wildman–Crippen MR) is 114 cm³/mol. The van der Waals surface area contributed by atoms with Crippen molar-refractivity contribution in [3.8, 4) is 5.75 Å². The molecule has 2 aromatic carbocycles. The van der Waals surface area contributed by atoms with Crippen molar-refractivity contribution in [2.75, 3.05) is 17.7 Å². The molecular weight excluding hydrogens is 406 g/mol. The molecular formula is C21H22ClN5O3. The molecule has 9 heteroatoms. The summed E-state index contributed by atoms with van der Waals surface area (Å²) in [4.78, 5) is 17.0. The van der Waals surface area contributed by atoms with Crippen LogP contribution in [0, 0.1) is 0 Å². The van der Waals surface area contributed by atoms with E-state index in [1.165, 1.54) is 0 Å². The number of carbonyl (C=O) groups is 1. The zero-order chi connectivity index (χ0) is 20.9. The Kier molecular flexibility index (Phi) is 6.04. The Labute approximate surface area is 179 Å². The summed E-state index contributed by atoms with van der Waals surface area (Å²) in [7, 11) is 1.62. The van der Waals surface area contributed by atoms with Gasteiger partial charge in [0.05, 0.1) is 13.2 Å². The summed E-state index contributed by atoms with van der Waals surface area (Å²) in [5, 5.41) is 13.6. The van der Waals surface area contributed by atoms with Gasteiger partial charge in [0.25, 0.3) is 0 Å². The van der Waals surface area contributed by atoms with Crippen LogP contribution in [0.3, 0.4) is 0 Å². The average Bonchev–Trinajstić information content (AvgIpc) is 3.44. The first-order chi connectivity index (χ1) is 14.6. The lowest BCUT2D eigenvalue weighted by Crippen LogP contribution is -2.34. The fourth-order valence-electron chi connectivity index (χ4n) is 2.90. The highest BCUT2D eigenvalue weighted by Gasteiger charge is 2.26. The molecule has 1 aliphatic rings. The minimum atomic E-state index is -0.482. The van der Waals surface area contributed by atoms with Gasteiger partial charge in [0, 0.05) is 23.2 Å². The Balaban J connectivity index is 1.48. The molecule has 1 heterocycles. The molecule has 156 valence electrons. The second-order valence-corrected chi connectivity index (χ2v) is 7.52. The number of rotatable bonds is 8. The van der Waals surface area contributed by atoms with Crippen molar-refractivity contribution in [2.24, 2.45) is 0 Å². The van der Waals surface area contributed by atoms with Crippen LogP contribution in [0.25, 0.3) is 0 Å². The van der Waals surface area contributed by atoms with Gasteiger partial charge >= 0.3 is 12.0 Å². The molecule has 0 bridgehead atoms. The van der Waals surface area contributed by atoms with Crippen molar-refractivity contribution in [2.45, 2.75) is 31.3 Å². The van der Waals surface area contributed by atoms with E-state index in [0.29, 0.717) is 35.0 Å². The van der Waals surface area contributed by atoms with Gasteiger partial charge in [-0.05, 0) is 54.8 Å². The summed E-state index contributed by atoms with van der Waals surface area (Å²) >= 11 is 5.90. The molecule has 1 atom stereocenters. The number of carbonyl (C=O) groups excluding carboxylic acids is 1. The molecule has 1 saturated carbocycles. The summed E-state index contributed by atoms with van der Waals surface area (Å²) in [6.45, 7) is 0. The Bertz CT molecular complexity index is 987. The predicted octanol–water partition coefficient (Wildman–Crippen LogP) is 4.41. The summed E-state index contributed by atoms with van der Waals surface area (Å²) in [5.74, 6) is 1.17. The zero-order valence-corrected chi connectivity index (χ0v) is 17.1. The molecule has 30 heavy (non-hydrogen) atoms. The van der Waals surface area contributed by atoms with E-state index >= 15 is 0 Å². The average molecular weight is 428 g/mol. The number of hydrogen-bond donors (Lipinski definition) is 3. The van der Waals surface area contributed by atoms with E-state index in [0.717, 1.165) is 24.2 Å². The molecule has 1 fully saturated rings. The number of urea groups is 1. The second kappa shape index (κ2) is 9.04. The van der Waals surface area contributed by atoms with Crippen LogP contribution in [0.4, 0.5) is 16.5 Å². The number of ether oxygens (including phenoxy) is 1. The third kappa shape index (κ3) is 5.42. The maximum absolute atomic E-state index is 12.6. The first-order valence-corrected chi connectivity index (χ1v) is 10.0. The SMILES string of the molecule is COc1ccc(C[C@H](NC(=O)Nc2ccc(Cl)cc2)c2noc(NC3CC3)n2)cc1. The van der Waals surface area contributed by atoms with Crippen LogP contribution in [-0.4, -0.2) is 29.3 Å². The van der Waals surface area contributed by atoms with Crippen molar-refractivity contribution >= 4 is 29.3 Å². The van der Waals surface area contributed by atoms with Gasteiger partial charge in [0.15, 0.2) is 5.82 Å². The van der Waals surface area contributed by atoms with E-state index in [4.69, 9.17) is 20.9 Å². The molecule has 4 rings (SSSR count). The molecule has 8 nitrogen and oxygen atoms in total. The van der Waals surface area contributed by atoms with E-state index < -0.39 is 6.04 Å². The lowest BCUT2D eigenvalue weighted by Gasteiger charge is -2.16. The molecule has 0 radical (unpaired) electrons. The minimum Gasteiger partial charge on any atom is -0.497 e. The number of nitrogens with zero attached hydrogens (tertiary/aromatic N) is 2. The molecule has 0 unspecified atom stereocenters. The standard InChI is InChI=1S/C21H22ClN5O3/c1-29-17-10-2-13(3-11-17)12-18(19-26-21(30-27-19)24-16-8-9-16)25-20(28)23-15-6-4-14(22)5-7-15/h2-7,10-11,16,18H,8-9,12H2,1H3,(H2,23,25,28)(H,24,26,27)/t18-/m0/s1. The third-order valence-electron chi connectivity index (χ3n) is 4.66. The first-order valence-electron chi connectivity index (χ1n) is 9.65. The summed E-state index contributed by atoms with van der Waals surface area (Å²) < 4.78 is 10.5. The van der Waals surface area contributed by atoms with Gasteiger partial charge in [-0.25, -0.2) is 4.79 Å². The van der Waals surface area contributed by atoms with Gasteiger partial charge in [0.1, 0.15) is 5.75 Å². The first kappa shape index (κ1) is 20.0. The molecule has 0 spiro atoms. The lowest BCUT2D eigenvalue weighted by atomic mass is 10.1. The van der Waals surface area contributed by atoms with Gasteiger partial charge in [-0.15, -0.1) is 0 Å². The number of aromatic nitrogens is 2. The monoisotopic (exact) mass is 427 g/mol. The van der Waals surface area contributed by atoms with Crippen LogP contribution in [0.1, 0.15) is 30.3 Å². The molecule has 3 aromatic rings. The Morgan fingerprint density at radius 3 is 2.60 bits per heavy atom. The van der Waals surface area contributed by atoms with E-state index in [9.17, 15) is 4.79 Å². The maximum atomic E-state index is 12.6. The van der Waals surface area contributed by atoms with Gasteiger partial charge in [-0.3, -0.25) is 0 Å². The highest BCUT2D eigenvalue weighted by molar-refractivity contribution is 6.30. The number of halogens is 1. The smallest absolute Gasteiger partial charge is 0.321 e. The highest BCUT2D eigenvalue weighted by atomic mass is 35.5. The maximum Gasteiger partial charge on any atom is 0.321 e. The van der Waals surface area contributed by atoms with Gasteiger partial charge < -0.3 is 25.2 Å². The number of nitrogens with one attached hydrogen (secondary N) is 3. The molecule has 2 amide bonds. The summed E-state index contributed by atoms with van der Waals surface area (Å²) in [6.07, 6.45) is 2.67. The summed E-state index contributed by atoms with van der Waals surface area (Å²) in [6, 6.07) is 14.4. The van der Waals surface area contributed by atoms with Crippen LogP contribution >= 0.6 is 11.6 Å². The van der Waals surface area contributed by atoms with Crippen LogP contribution < -0.4 is 20.7 Å². The number of methoxy groups -OCH3 is 1. The molecule has 1 aromatic heterocycles. The molecule has 3 N–H and O–H groups in total. The van der Waals surface area contributed by atoms with Crippen LogP contribution in [0.15, 0.2) is 53.1 Å². The van der Waals surface area contributed by atoms with E-state index in [-0.39, 0.29) is 6.03 Å². The Morgan fingerprint density at radius 1 is 1.20 bits per heavy atom. The minimum absolute atomic E-state index is 0.368. The van der Waals surface area contributed by atoms with E-state index in [1.54, 1.807) is 31.4 Å².